The molecule has 1 aromatic carbocycles. The molecular weight excluding hydrogens is 447 g/mol. The zero-order valence-corrected chi connectivity index (χ0v) is 20.7. The van der Waals surface area contributed by atoms with Gasteiger partial charge in [-0.1, -0.05) is 13.8 Å². The predicted octanol–water partition coefficient (Wildman–Crippen LogP) is 3.27. The van der Waals surface area contributed by atoms with Crippen molar-refractivity contribution in [2.45, 2.75) is 52.1 Å². The second-order valence-electron chi connectivity index (χ2n) is 9.61. The first-order chi connectivity index (χ1) is 16.7. The molecule has 2 aromatic heterocycles. The third kappa shape index (κ3) is 5.05. The van der Waals surface area contributed by atoms with Crippen molar-refractivity contribution in [1.29, 1.82) is 0 Å². The Hall–Kier alpha value is -3.33. The molecule has 35 heavy (non-hydrogen) atoms. The summed E-state index contributed by atoms with van der Waals surface area (Å²) in [6, 6.07) is 7.69. The number of nitrogens with zero attached hydrogens (tertiary/aromatic N) is 4. The zero-order chi connectivity index (χ0) is 25.3. The number of hydrogen-bond acceptors (Lipinski definition) is 5. The third-order valence-corrected chi connectivity index (χ3v) is 6.92. The Kier molecular flexibility index (Phi) is 7.16. The lowest BCUT2D eigenvalue weighted by atomic mass is 9.87. The molecule has 186 valence electrons. The average molecular weight is 481 g/mol. The minimum absolute atomic E-state index is 0.0173. The van der Waals surface area contributed by atoms with Crippen LogP contribution in [0.3, 0.4) is 0 Å². The van der Waals surface area contributed by atoms with Gasteiger partial charge in [-0.25, -0.2) is 14.4 Å². The number of aromatic nitrogens is 3. The fourth-order valence-corrected chi connectivity index (χ4v) is 5.02. The van der Waals surface area contributed by atoms with Crippen molar-refractivity contribution in [3.8, 4) is 5.82 Å². The molecule has 3 N–H and O–H groups in total. The van der Waals surface area contributed by atoms with Crippen LogP contribution in [-0.4, -0.2) is 50.9 Å². The highest BCUT2D eigenvalue weighted by atomic mass is 19.1. The number of amides is 2. The van der Waals surface area contributed by atoms with Crippen LogP contribution < -0.4 is 11.1 Å². The lowest BCUT2D eigenvalue weighted by molar-refractivity contribution is -0.138. The van der Waals surface area contributed by atoms with Crippen molar-refractivity contribution in [2.75, 3.05) is 13.6 Å². The van der Waals surface area contributed by atoms with E-state index in [2.05, 4.69) is 10.3 Å². The van der Waals surface area contributed by atoms with Crippen LogP contribution in [0.4, 0.5) is 4.39 Å². The molecule has 8 nitrogen and oxygen atoms in total. The monoisotopic (exact) mass is 480 g/mol. The molecule has 1 fully saturated rings. The predicted molar refractivity (Wildman–Crippen MR) is 132 cm³/mol. The van der Waals surface area contributed by atoms with Gasteiger partial charge in [0.2, 0.25) is 11.8 Å². The third-order valence-electron chi connectivity index (χ3n) is 6.92. The summed E-state index contributed by atoms with van der Waals surface area (Å²) in [5, 5.41) is 3.72. The molecule has 0 bridgehead atoms. The van der Waals surface area contributed by atoms with Crippen molar-refractivity contribution < 1.29 is 14.0 Å². The van der Waals surface area contributed by atoms with E-state index in [9.17, 15) is 14.0 Å². The van der Waals surface area contributed by atoms with Crippen LogP contribution in [0.5, 0.6) is 0 Å². The molecule has 4 rings (SSSR count). The van der Waals surface area contributed by atoms with Crippen LogP contribution in [0, 0.1) is 24.6 Å². The number of nitrogens with two attached hydrogens (primary N) is 1. The van der Waals surface area contributed by atoms with E-state index in [-0.39, 0.29) is 29.6 Å². The summed E-state index contributed by atoms with van der Waals surface area (Å²) < 4.78 is 15.6. The molecule has 0 spiro atoms. The van der Waals surface area contributed by atoms with Gasteiger partial charge in [0.25, 0.3) is 0 Å². The topological polar surface area (TPSA) is 106 Å². The van der Waals surface area contributed by atoms with Gasteiger partial charge in [-0.2, -0.15) is 0 Å². The van der Waals surface area contributed by atoms with Gasteiger partial charge < -0.3 is 20.5 Å². The molecule has 2 amide bonds. The number of benzene rings is 1. The first kappa shape index (κ1) is 24.8. The van der Waals surface area contributed by atoms with Crippen molar-refractivity contribution in [1.82, 2.24) is 24.8 Å². The van der Waals surface area contributed by atoms with Gasteiger partial charge >= 0.3 is 0 Å². The van der Waals surface area contributed by atoms with Crippen LogP contribution in [0.15, 0.2) is 36.5 Å². The van der Waals surface area contributed by atoms with E-state index < -0.39 is 11.9 Å². The molecule has 9 heteroatoms. The van der Waals surface area contributed by atoms with Crippen LogP contribution in [0.2, 0.25) is 0 Å². The number of aryl methyl sites for hydroxylation is 1. The van der Waals surface area contributed by atoms with E-state index in [4.69, 9.17) is 10.7 Å². The molecule has 3 atom stereocenters. The van der Waals surface area contributed by atoms with Crippen LogP contribution in [0.1, 0.15) is 50.7 Å². The van der Waals surface area contributed by atoms with Crippen molar-refractivity contribution in [2.24, 2.45) is 17.6 Å². The maximum absolute atomic E-state index is 13.7. The minimum atomic E-state index is -0.563. The number of likely N-dealkylation sites (tertiary alicyclic amines) is 1. The summed E-state index contributed by atoms with van der Waals surface area (Å²) in [4.78, 5) is 36.7. The van der Waals surface area contributed by atoms with Gasteiger partial charge in [-0.15, -0.1) is 0 Å². The molecule has 3 aromatic rings. The number of carbonyl (C=O) groups is 2. The Labute approximate surface area is 204 Å². The highest BCUT2D eigenvalue weighted by Gasteiger charge is 2.37. The largest absolute Gasteiger partial charge is 0.368 e. The van der Waals surface area contributed by atoms with Gasteiger partial charge in [0.1, 0.15) is 17.5 Å². The average Bonchev–Trinajstić information content (AvgIpc) is 3.45. The molecule has 3 unspecified atom stereocenters. The summed E-state index contributed by atoms with van der Waals surface area (Å²) in [5.74, 6) is 0.261. The second-order valence-corrected chi connectivity index (χ2v) is 9.61. The molecule has 0 saturated carbocycles. The van der Waals surface area contributed by atoms with Crippen LogP contribution in [-0.2, 0) is 9.59 Å². The maximum Gasteiger partial charge on any atom is 0.234 e. The first-order valence-corrected chi connectivity index (χ1v) is 12.1. The Morgan fingerprint density at radius 3 is 2.69 bits per heavy atom. The number of halogens is 1. The lowest BCUT2D eigenvalue weighted by Crippen LogP contribution is -2.45. The Bertz CT molecular complexity index is 1240. The van der Waals surface area contributed by atoms with Gasteiger partial charge in [0, 0.05) is 30.1 Å². The quantitative estimate of drug-likeness (QED) is 0.515. The number of likely N-dealkylation sites (N-methyl/N-ethyl adjacent to an activating group) is 1. The Balaban J connectivity index is 1.66. The Morgan fingerprint density at radius 2 is 2.00 bits per heavy atom. The molecule has 0 aliphatic carbocycles. The van der Waals surface area contributed by atoms with Crippen LogP contribution in [0.25, 0.3) is 16.7 Å². The fourth-order valence-electron chi connectivity index (χ4n) is 5.02. The molecule has 0 radical (unpaired) electrons. The summed E-state index contributed by atoms with van der Waals surface area (Å²) in [5.41, 5.74) is 7.16. The smallest absolute Gasteiger partial charge is 0.234 e. The van der Waals surface area contributed by atoms with Crippen molar-refractivity contribution >= 4 is 22.7 Å². The van der Waals surface area contributed by atoms with Gasteiger partial charge in [0.15, 0.2) is 0 Å². The minimum Gasteiger partial charge on any atom is -0.368 e. The van der Waals surface area contributed by atoms with E-state index in [0.717, 1.165) is 29.4 Å². The van der Waals surface area contributed by atoms with E-state index in [1.54, 1.807) is 13.1 Å². The number of primary amides is 1. The normalized spacial score (nSPS) is 17.8. The van der Waals surface area contributed by atoms with Crippen molar-refractivity contribution in [3.63, 3.8) is 0 Å². The van der Waals surface area contributed by atoms with E-state index in [0.29, 0.717) is 24.6 Å². The van der Waals surface area contributed by atoms with Crippen molar-refractivity contribution in [3.05, 3.63) is 53.9 Å². The summed E-state index contributed by atoms with van der Waals surface area (Å²) in [7, 11) is 1.68. The lowest BCUT2D eigenvalue weighted by Gasteiger charge is -2.32. The van der Waals surface area contributed by atoms with E-state index in [1.165, 1.54) is 12.1 Å². The number of hydrogen-bond donors (Lipinski definition) is 2. The molecular formula is C26H33FN6O2. The number of nitrogens with one attached hydrogen (secondary N) is 1. The molecule has 1 aliphatic rings. The number of fused-ring (bicyclic) bond motifs is 1. The number of carbonyl (C=O) groups excluding carboxylic acids is 2. The summed E-state index contributed by atoms with van der Waals surface area (Å²) in [6.07, 6.45) is 3.89. The van der Waals surface area contributed by atoms with Gasteiger partial charge in [-0.05, 0) is 63.4 Å². The fraction of sp³-hybridized carbons (Fsp3) is 0.462. The Morgan fingerprint density at radius 1 is 1.23 bits per heavy atom. The molecule has 1 saturated heterocycles. The molecule has 1 aliphatic heterocycles. The van der Waals surface area contributed by atoms with E-state index >= 15 is 0 Å². The summed E-state index contributed by atoms with van der Waals surface area (Å²) >= 11 is 0. The maximum atomic E-state index is 13.7. The standard InChI is InChI=1S/C26H33FN6O2/c1-15(2)19(13-21(29-4)25(28)34)26(35)33-10-5-6-23(33)20-14-24(31-16(3)30-20)32-11-9-17-12-18(27)7-8-22(17)32/h7-9,11-12,14-15,19,21,23,29H,5-6,10,13H2,1-4H3,(H2,28,34). The number of rotatable bonds is 8. The van der Waals surface area contributed by atoms with Gasteiger partial charge in [0.05, 0.1) is 23.3 Å². The van der Waals surface area contributed by atoms with Gasteiger partial charge in [-0.3, -0.25) is 9.59 Å². The molecule has 3 heterocycles. The zero-order valence-electron chi connectivity index (χ0n) is 20.7. The SMILES string of the molecule is CNC(CC(C(=O)N1CCCC1c1cc(-n2ccc3cc(F)ccc32)nc(C)n1)C(C)C)C(N)=O. The van der Waals surface area contributed by atoms with E-state index in [1.807, 2.05) is 48.6 Å². The van der Waals surface area contributed by atoms with Crippen LogP contribution >= 0.6 is 0 Å². The second kappa shape index (κ2) is 10.1. The first-order valence-electron chi connectivity index (χ1n) is 12.1. The highest BCUT2D eigenvalue weighted by molar-refractivity contribution is 5.84. The highest BCUT2D eigenvalue weighted by Crippen LogP contribution is 2.35. The summed E-state index contributed by atoms with van der Waals surface area (Å²) in [6.45, 7) is 6.46.